The van der Waals surface area contributed by atoms with Crippen LogP contribution in [0.5, 0.6) is 0 Å². The summed E-state index contributed by atoms with van der Waals surface area (Å²) in [5, 5.41) is 22.1. The van der Waals surface area contributed by atoms with Crippen molar-refractivity contribution in [1.29, 1.82) is 5.26 Å². The number of carbonyl (C=O) groups excluding carboxylic acids is 1. The van der Waals surface area contributed by atoms with E-state index in [1.165, 1.54) is 11.8 Å². The molecule has 7 nitrogen and oxygen atoms in total. The quantitative estimate of drug-likeness (QED) is 0.608. The van der Waals surface area contributed by atoms with Gasteiger partial charge in [0.15, 0.2) is 0 Å². The third-order valence-corrected chi connectivity index (χ3v) is 3.97. The fourth-order valence-corrected chi connectivity index (χ4v) is 2.67. The molecule has 0 fully saturated rings. The molecular weight excluding hydrogens is 310 g/mol. The van der Waals surface area contributed by atoms with Crippen molar-refractivity contribution in [2.24, 2.45) is 0 Å². The minimum Gasteiger partial charge on any atom is -0.416 e. The van der Waals surface area contributed by atoms with Crippen LogP contribution >= 0.6 is 23.1 Å². The number of nitrogens with one attached hydrogen (secondary N) is 1. The Bertz CT molecular complexity index is 646. The second kappa shape index (κ2) is 7.75. The van der Waals surface area contributed by atoms with E-state index in [9.17, 15) is 4.79 Å². The standard InChI is InChI=1S/C12H13N5O2S2/c1-8-15-9(6-20-8)5-11-16-17-12(19-11)21-7-10(18)14-4-2-3-13/h6H,2,4-5,7H2,1H3,(H,14,18). The van der Waals surface area contributed by atoms with E-state index in [2.05, 4.69) is 20.5 Å². The average molecular weight is 323 g/mol. The summed E-state index contributed by atoms with van der Waals surface area (Å²) in [5.41, 5.74) is 0.895. The summed E-state index contributed by atoms with van der Waals surface area (Å²) in [5.74, 6) is 0.501. The van der Waals surface area contributed by atoms with Gasteiger partial charge in [-0.05, 0) is 6.92 Å². The average Bonchev–Trinajstić information content (AvgIpc) is 3.07. The molecule has 110 valence electrons. The number of rotatable bonds is 7. The number of nitriles is 1. The van der Waals surface area contributed by atoms with Crippen molar-refractivity contribution < 1.29 is 9.21 Å². The lowest BCUT2D eigenvalue weighted by Gasteiger charge is -1.99. The highest BCUT2D eigenvalue weighted by Gasteiger charge is 2.11. The molecule has 9 heteroatoms. The number of aryl methyl sites for hydroxylation is 1. The van der Waals surface area contributed by atoms with E-state index in [4.69, 9.17) is 9.68 Å². The van der Waals surface area contributed by atoms with Crippen molar-refractivity contribution in [3.05, 3.63) is 22.0 Å². The predicted octanol–water partition coefficient (Wildman–Crippen LogP) is 1.55. The number of hydrogen-bond acceptors (Lipinski definition) is 8. The first-order valence-electron chi connectivity index (χ1n) is 6.17. The van der Waals surface area contributed by atoms with Crippen LogP contribution in [-0.4, -0.2) is 33.4 Å². The third kappa shape index (κ3) is 5.17. The summed E-state index contributed by atoms with van der Waals surface area (Å²) in [4.78, 5) is 15.8. The molecule has 2 heterocycles. The van der Waals surface area contributed by atoms with E-state index >= 15 is 0 Å². The second-order valence-corrected chi connectivity index (χ2v) is 6.03. The molecule has 0 aliphatic heterocycles. The molecule has 2 rings (SSSR count). The van der Waals surface area contributed by atoms with E-state index < -0.39 is 0 Å². The van der Waals surface area contributed by atoms with Gasteiger partial charge in [0.1, 0.15) is 0 Å². The van der Waals surface area contributed by atoms with Crippen LogP contribution < -0.4 is 5.32 Å². The van der Waals surface area contributed by atoms with Crippen molar-refractivity contribution in [1.82, 2.24) is 20.5 Å². The molecule has 0 aliphatic rings. The molecule has 2 aromatic heterocycles. The summed E-state index contributed by atoms with van der Waals surface area (Å²) in [6.45, 7) is 2.29. The molecule has 0 aromatic carbocycles. The Labute approximate surface area is 129 Å². The van der Waals surface area contributed by atoms with Gasteiger partial charge in [-0.1, -0.05) is 11.8 Å². The molecule has 0 atom stereocenters. The van der Waals surface area contributed by atoms with E-state index in [0.29, 0.717) is 30.5 Å². The fourth-order valence-electron chi connectivity index (χ4n) is 1.45. The molecule has 0 spiro atoms. The van der Waals surface area contributed by atoms with Crippen LogP contribution in [0, 0.1) is 18.3 Å². The minimum atomic E-state index is -0.162. The number of thiazole rings is 1. The van der Waals surface area contributed by atoms with Crippen LogP contribution in [0.25, 0.3) is 0 Å². The lowest BCUT2D eigenvalue weighted by atomic mass is 10.3. The van der Waals surface area contributed by atoms with Gasteiger partial charge in [-0.2, -0.15) is 5.26 Å². The van der Waals surface area contributed by atoms with Crippen molar-refractivity contribution in [3.8, 4) is 6.07 Å². The van der Waals surface area contributed by atoms with Gasteiger partial charge in [0.05, 0.1) is 35.4 Å². The second-order valence-electron chi connectivity index (χ2n) is 4.04. The minimum absolute atomic E-state index is 0.162. The number of nitrogens with zero attached hydrogens (tertiary/aromatic N) is 4. The van der Waals surface area contributed by atoms with Gasteiger partial charge in [0.25, 0.3) is 5.22 Å². The van der Waals surface area contributed by atoms with Gasteiger partial charge >= 0.3 is 0 Å². The zero-order valence-electron chi connectivity index (χ0n) is 11.3. The van der Waals surface area contributed by atoms with Crippen molar-refractivity contribution in [2.45, 2.75) is 25.0 Å². The largest absolute Gasteiger partial charge is 0.416 e. The number of carbonyl (C=O) groups is 1. The first kappa shape index (κ1) is 15.5. The SMILES string of the molecule is Cc1nc(Cc2nnc(SCC(=O)NCCC#N)o2)cs1. The Morgan fingerprint density at radius 3 is 3.14 bits per heavy atom. The van der Waals surface area contributed by atoms with Gasteiger partial charge in [0, 0.05) is 11.9 Å². The number of hydrogen-bond donors (Lipinski definition) is 1. The lowest BCUT2D eigenvalue weighted by molar-refractivity contribution is -0.118. The highest BCUT2D eigenvalue weighted by atomic mass is 32.2. The predicted molar refractivity (Wildman–Crippen MR) is 77.9 cm³/mol. The van der Waals surface area contributed by atoms with Crippen LogP contribution in [-0.2, 0) is 11.2 Å². The first-order chi connectivity index (χ1) is 10.2. The molecule has 0 saturated carbocycles. The maximum absolute atomic E-state index is 11.5. The Morgan fingerprint density at radius 1 is 1.57 bits per heavy atom. The highest BCUT2D eigenvalue weighted by molar-refractivity contribution is 7.99. The molecule has 0 saturated heterocycles. The van der Waals surface area contributed by atoms with E-state index in [-0.39, 0.29) is 11.7 Å². The topological polar surface area (TPSA) is 105 Å². The van der Waals surface area contributed by atoms with Gasteiger partial charge in [-0.3, -0.25) is 4.79 Å². The van der Waals surface area contributed by atoms with Crippen LogP contribution in [0.4, 0.5) is 0 Å². The third-order valence-electron chi connectivity index (χ3n) is 2.33. The molecular formula is C12H13N5O2S2. The lowest BCUT2D eigenvalue weighted by Crippen LogP contribution is -2.25. The molecule has 0 unspecified atom stereocenters. The van der Waals surface area contributed by atoms with Crippen molar-refractivity contribution in [3.63, 3.8) is 0 Å². The van der Waals surface area contributed by atoms with Crippen LogP contribution in [0.2, 0.25) is 0 Å². The van der Waals surface area contributed by atoms with Crippen LogP contribution in [0.3, 0.4) is 0 Å². The molecule has 2 aromatic rings. The summed E-state index contributed by atoms with van der Waals surface area (Å²) in [6.07, 6.45) is 0.792. The summed E-state index contributed by atoms with van der Waals surface area (Å²) in [7, 11) is 0. The van der Waals surface area contributed by atoms with E-state index in [1.54, 1.807) is 11.3 Å². The maximum atomic E-state index is 11.5. The Morgan fingerprint density at radius 2 is 2.43 bits per heavy atom. The number of aromatic nitrogens is 3. The van der Waals surface area contributed by atoms with Gasteiger partial charge in [0.2, 0.25) is 11.8 Å². The smallest absolute Gasteiger partial charge is 0.277 e. The van der Waals surface area contributed by atoms with E-state index in [1.807, 2.05) is 18.4 Å². The molecule has 1 N–H and O–H groups in total. The normalized spacial score (nSPS) is 10.3. The Hall–Kier alpha value is -1.92. The highest BCUT2D eigenvalue weighted by Crippen LogP contribution is 2.18. The summed E-state index contributed by atoms with van der Waals surface area (Å²) < 4.78 is 5.45. The van der Waals surface area contributed by atoms with E-state index in [0.717, 1.165) is 10.7 Å². The molecule has 21 heavy (non-hydrogen) atoms. The maximum Gasteiger partial charge on any atom is 0.277 e. The van der Waals surface area contributed by atoms with Crippen molar-refractivity contribution in [2.75, 3.05) is 12.3 Å². The molecule has 0 bridgehead atoms. The van der Waals surface area contributed by atoms with Crippen LogP contribution in [0.15, 0.2) is 15.0 Å². The number of thioether (sulfide) groups is 1. The summed E-state index contributed by atoms with van der Waals surface area (Å²) in [6, 6.07) is 1.96. The van der Waals surface area contributed by atoms with Crippen molar-refractivity contribution >= 4 is 29.0 Å². The van der Waals surface area contributed by atoms with Crippen LogP contribution in [0.1, 0.15) is 23.0 Å². The Balaban J connectivity index is 1.78. The van der Waals surface area contributed by atoms with Gasteiger partial charge in [-0.25, -0.2) is 4.98 Å². The Kier molecular flexibility index (Phi) is 5.71. The molecule has 0 aliphatic carbocycles. The van der Waals surface area contributed by atoms with Gasteiger partial charge < -0.3 is 9.73 Å². The fraction of sp³-hybridized carbons (Fsp3) is 0.417. The summed E-state index contributed by atoms with van der Waals surface area (Å²) >= 11 is 2.74. The zero-order valence-corrected chi connectivity index (χ0v) is 13.0. The zero-order chi connectivity index (χ0) is 15.1. The molecule has 1 amide bonds. The first-order valence-corrected chi connectivity index (χ1v) is 8.03. The molecule has 0 radical (unpaired) electrons. The monoisotopic (exact) mass is 323 g/mol. The number of amides is 1. The van der Waals surface area contributed by atoms with Gasteiger partial charge in [-0.15, -0.1) is 21.5 Å².